The molecule has 1 aliphatic rings. The lowest BCUT2D eigenvalue weighted by molar-refractivity contribution is -0.116. The third-order valence-corrected chi connectivity index (χ3v) is 6.28. The molecule has 1 amide bonds. The lowest BCUT2D eigenvalue weighted by atomic mass is 10.0. The third-order valence-electron chi connectivity index (χ3n) is 5.06. The van der Waals surface area contributed by atoms with Gasteiger partial charge in [-0.25, -0.2) is 4.68 Å². The summed E-state index contributed by atoms with van der Waals surface area (Å²) in [5, 5.41) is 11.8. The topological polar surface area (TPSA) is 90.3 Å². The number of hydrogen-bond donors (Lipinski definition) is 2. The summed E-state index contributed by atoms with van der Waals surface area (Å²) in [6.45, 7) is 7.12. The van der Waals surface area contributed by atoms with Crippen molar-refractivity contribution in [1.82, 2.24) is 14.9 Å². The molecular formula is C23H27N5O3S. The quantitative estimate of drug-likeness (QED) is 0.532. The van der Waals surface area contributed by atoms with Gasteiger partial charge in [0.2, 0.25) is 11.1 Å². The van der Waals surface area contributed by atoms with Crippen LogP contribution in [0.2, 0.25) is 0 Å². The highest BCUT2D eigenvalue weighted by Crippen LogP contribution is 2.38. The van der Waals surface area contributed by atoms with E-state index in [0.717, 1.165) is 29.3 Å². The molecule has 2 N–H and O–H groups in total. The molecule has 0 saturated heterocycles. The molecule has 0 spiro atoms. The normalized spacial score (nSPS) is 17.2. The van der Waals surface area contributed by atoms with Crippen molar-refractivity contribution < 1.29 is 14.3 Å². The van der Waals surface area contributed by atoms with Crippen LogP contribution >= 0.6 is 11.8 Å². The molecule has 0 radical (unpaired) electrons. The van der Waals surface area contributed by atoms with Crippen LogP contribution in [-0.2, 0) is 11.2 Å². The van der Waals surface area contributed by atoms with E-state index in [2.05, 4.69) is 20.9 Å². The maximum absolute atomic E-state index is 13.3. The highest BCUT2D eigenvalue weighted by molar-refractivity contribution is 8.00. The van der Waals surface area contributed by atoms with Crippen molar-refractivity contribution in [3.05, 3.63) is 59.9 Å². The molecule has 2 heterocycles. The number of amides is 1. The number of nitrogens with zero attached hydrogens (tertiary/aromatic N) is 3. The van der Waals surface area contributed by atoms with Crippen LogP contribution in [0.25, 0.3) is 0 Å². The van der Waals surface area contributed by atoms with Gasteiger partial charge in [0.15, 0.2) is 5.82 Å². The highest BCUT2D eigenvalue weighted by Gasteiger charge is 2.37. The van der Waals surface area contributed by atoms with E-state index in [-0.39, 0.29) is 11.9 Å². The van der Waals surface area contributed by atoms with Crippen LogP contribution in [0.1, 0.15) is 38.2 Å². The second-order valence-corrected chi connectivity index (χ2v) is 8.29. The summed E-state index contributed by atoms with van der Waals surface area (Å²) >= 11 is 1.41. The zero-order chi connectivity index (χ0) is 22.5. The van der Waals surface area contributed by atoms with Gasteiger partial charge in [-0.05, 0) is 55.8 Å². The van der Waals surface area contributed by atoms with Gasteiger partial charge in [0.1, 0.15) is 16.7 Å². The Hall–Kier alpha value is -3.20. The summed E-state index contributed by atoms with van der Waals surface area (Å²) < 4.78 is 12.9. The second kappa shape index (κ2) is 9.95. The number of carbonyl (C=O) groups excluding carboxylic acids is 1. The van der Waals surface area contributed by atoms with E-state index in [1.54, 1.807) is 0 Å². The van der Waals surface area contributed by atoms with Crippen molar-refractivity contribution in [2.75, 3.05) is 24.0 Å². The first-order valence-corrected chi connectivity index (χ1v) is 11.6. The average molecular weight is 454 g/mol. The second-order valence-electron chi connectivity index (χ2n) is 7.18. The summed E-state index contributed by atoms with van der Waals surface area (Å²) in [6.07, 6.45) is 0.736. The standard InChI is InChI=1S/C23H27N5O3S/c1-4-19-25-26-23-28(19)27-20(15-7-11-17(12-8-15)30-5-2)21(32-23)22(29)24-16-9-13-18(14-10-16)31-6-3/h7-14,20-21,27H,4-6H2,1-3H3,(H,24,29)/t20-,21-/m0/s1. The Bertz CT molecular complexity index is 1050. The number of carbonyl (C=O) groups is 1. The van der Waals surface area contributed by atoms with Crippen LogP contribution in [-0.4, -0.2) is 39.2 Å². The number of aryl methyl sites for hydroxylation is 1. The Labute approximate surface area is 191 Å². The zero-order valence-electron chi connectivity index (χ0n) is 18.4. The highest BCUT2D eigenvalue weighted by atomic mass is 32.2. The summed E-state index contributed by atoms with van der Waals surface area (Å²) in [5.74, 6) is 2.28. The molecule has 168 valence electrons. The Morgan fingerprint density at radius 3 is 2.22 bits per heavy atom. The Morgan fingerprint density at radius 1 is 1.00 bits per heavy atom. The predicted molar refractivity (Wildman–Crippen MR) is 125 cm³/mol. The maximum atomic E-state index is 13.3. The molecule has 32 heavy (non-hydrogen) atoms. The van der Waals surface area contributed by atoms with Crippen LogP contribution in [0.4, 0.5) is 5.69 Å². The fourth-order valence-corrected chi connectivity index (χ4v) is 4.63. The number of thioether (sulfide) groups is 1. The minimum absolute atomic E-state index is 0.113. The molecule has 0 saturated carbocycles. The number of aromatic nitrogens is 3. The van der Waals surface area contributed by atoms with Crippen molar-refractivity contribution in [1.29, 1.82) is 0 Å². The molecule has 9 heteroatoms. The summed E-state index contributed by atoms with van der Waals surface area (Å²) in [7, 11) is 0. The number of nitrogens with one attached hydrogen (secondary N) is 2. The SMILES string of the molecule is CCOc1ccc(NC(=O)[C@H]2Sc3nnc(CC)n3N[C@H]2c2ccc(OCC)cc2)cc1. The molecule has 0 fully saturated rings. The number of hydrogen-bond acceptors (Lipinski definition) is 7. The van der Waals surface area contributed by atoms with E-state index in [1.807, 2.05) is 74.0 Å². The monoisotopic (exact) mass is 453 g/mol. The first-order valence-electron chi connectivity index (χ1n) is 10.8. The smallest absolute Gasteiger partial charge is 0.240 e. The Morgan fingerprint density at radius 2 is 1.62 bits per heavy atom. The molecule has 1 aromatic heterocycles. The van der Waals surface area contributed by atoms with Crippen LogP contribution in [0, 0.1) is 0 Å². The molecule has 8 nitrogen and oxygen atoms in total. The van der Waals surface area contributed by atoms with Gasteiger partial charge in [-0.3, -0.25) is 4.79 Å². The Balaban J connectivity index is 1.59. The molecule has 0 bridgehead atoms. The molecule has 4 rings (SSSR count). The van der Waals surface area contributed by atoms with E-state index in [0.29, 0.717) is 24.1 Å². The first-order chi connectivity index (χ1) is 15.6. The van der Waals surface area contributed by atoms with E-state index < -0.39 is 5.25 Å². The van der Waals surface area contributed by atoms with Crippen LogP contribution in [0.15, 0.2) is 53.7 Å². The molecule has 0 unspecified atom stereocenters. The van der Waals surface area contributed by atoms with E-state index in [1.165, 1.54) is 11.8 Å². The molecule has 0 aliphatic carbocycles. The van der Waals surface area contributed by atoms with Crippen LogP contribution in [0.3, 0.4) is 0 Å². The van der Waals surface area contributed by atoms with Crippen LogP contribution in [0.5, 0.6) is 11.5 Å². The van der Waals surface area contributed by atoms with Gasteiger partial charge < -0.3 is 20.2 Å². The van der Waals surface area contributed by atoms with Crippen molar-refractivity contribution in [2.24, 2.45) is 0 Å². The van der Waals surface area contributed by atoms with Gasteiger partial charge >= 0.3 is 0 Å². The minimum Gasteiger partial charge on any atom is -0.494 e. The number of rotatable bonds is 8. The van der Waals surface area contributed by atoms with E-state index >= 15 is 0 Å². The molecule has 1 aliphatic heterocycles. The van der Waals surface area contributed by atoms with Gasteiger partial charge in [0, 0.05) is 12.1 Å². The van der Waals surface area contributed by atoms with Gasteiger partial charge in [0.25, 0.3) is 0 Å². The predicted octanol–water partition coefficient (Wildman–Crippen LogP) is 4.04. The summed E-state index contributed by atoms with van der Waals surface area (Å²) in [6, 6.07) is 14.9. The van der Waals surface area contributed by atoms with E-state index in [4.69, 9.17) is 9.47 Å². The number of anilines is 1. The van der Waals surface area contributed by atoms with E-state index in [9.17, 15) is 4.79 Å². The molecule has 2 atom stereocenters. The van der Waals surface area contributed by atoms with Crippen molar-refractivity contribution in [3.63, 3.8) is 0 Å². The van der Waals surface area contributed by atoms with Crippen molar-refractivity contribution in [3.8, 4) is 11.5 Å². The van der Waals surface area contributed by atoms with Gasteiger partial charge in [0.05, 0.1) is 19.3 Å². The summed E-state index contributed by atoms with van der Waals surface area (Å²) in [5.41, 5.74) is 5.15. The molecule has 3 aromatic rings. The van der Waals surface area contributed by atoms with Crippen molar-refractivity contribution in [2.45, 2.75) is 43.6 Å². The fraction of sp³-hybridized carbons (Fsp3) is 0.348. The summed E-state index contributed by atoms with van der Waals surface area (Å²) in [4.78, 5) is 13.3. The van der Waals surface area contributed by atoms with Crippen LogP contribution < -0.4 is 20.2 Å². The minimum atomic E-state index is -0.444. The lowest BCUT2D eigenvalue weighted by Crippen LogP contribution is -2.41. The van der Waals surface area contributed by atoms with Gasteiger partial charge in [-0.2, -0.15) is 0 Å². The lowest BCUT2D eigenvalue weighted by Gasteiger charge is -2.33. The Kier molecular flexibility index (Phi) is 6.84. The molecule has 2 aromatic carbocycles. The number of ether oxygens (including phenoxy) is 2. The largest absolute Gasteiger partial charge is 0.494 e. The first kappa shape index (κ1) is 22.0. The maximum Gasteiger partial charge on any atom is 0.240 e. The zero-order valence-corrected chi connectivity index (χ0v) is 19.2. The van der Waals surface area contributed by atoms with Gasteiger partial charge in [-0.1, -0.05) is 30.8 Å². The third kappa shape index (κ3) is 4.67. The fourth-order valence-electron chi connectivity index (χ4n) is 3.53. The number of benzene rings is 2. The molecular weight excluding hydrogens is 426 g/mol. The van der Waals surface area contributed by atoms with Gasteiger partial charge in [-0.15, -0.1) is 10.2 Å². The number of fused-ring (bicyclic) bond motifs is 1. The van der Waals surface area contributed by atoms with Crippen molar-refractivity contribution >= 4 is 23.4 Å². The average Bonchev–Trinajstić information content (AvgIpc) is 3.22.